The number of aliphatic hydroxyl groups excluding tert-OH is 1. The smallest absolute Gasteiger partial charge is 0.339 e. The molecule has 0 fully saturated rings. The number of nitrogens with one attached hydrogen (secondary N) is 1. The van der Waals surface area contributed by atoms with Gasteiger partial charge < -0.3 is 20.0 Å². The van der Waals surface area contributed by atoms with Crippen molar-refractivity contribution >= 4 is 13.6 Å². The van der Waals surface area contributed by atoms with E-state index >= 15 is 0 Å². The summed E-state index contributed by atoms with van der Waals surface area (Å²) in [5.74, 6) is -1.36. The van der Waals surface area contributed by atoms with Gasteiger partial charge in [-0.2, -0.15) is 0 Å². The van der Waals surface area contributed by atoms with E-state index in [1.807, 2.05) is 5.32 Å². The van der Waals surface area contributed by atoms with E-state index in [0.29, 0.717) is 0 Å². The Labute approximate surface area is 68.2 Å². The van der Waals surface area contributed by atoms with Crippen LogP contribution in [0.2, 0.25) is 0 Å². The molecular weight excluding hydrogens is 189 g/mol. The molecule has 0 unspecified atom stereocenters. The van der Waals surface area contributed by atoms with Gasteiger partial charge in [0, 0.05) is 0 Å². The summed E-state index contributed by atoms with van der Waals surface area (Å²) in [6, 6.07) is -1.34. The van der Waals surface area contributed by atoms with E-state index in [-0.39, 0.29) is 0 Å². The first kappa shape index (κ1) is 11.5. The molecule has 7 nitrogen and oxygen atoms in total. The molecule has 0 aliphatic heterocycles. The van der Waals surface area contributed by atoms with Gasteiger partial charge in [-0.25, -0.2) is 0 Å². The van der Waals surface area contributed by atoms with Gasteiger partial charge in [-0.1, -0.05) is 0 Å². The summed E-state index contributed by atoms with van der Waals surface area (Å²) in [7, 11) is -4.26. The summed E-state index contributed by atoms with van der Waals surface area (Å²) >= 11 is 0. The second-order valence-electron chi connectivity index (χ2n) is 2.10. The number of carbonyl (C=O) groups is 1. The van der Waals surface area contributed by atoms with Gasteiger partial charge >= 0.3 is 13.6 Å². The maximum atomic E-state index is 10.2. The van der Waals surface area contributed by atoms with Crippen molar-refractivity contribution < 1.29 is 29.4 Å². The van der Waals surface area contributed by atoms with E-state index in [4.69, 9.17) is 20.0 Å². The summed E-state index contributed by atoms with van der Waals surface area (Å²) in [6.45, 7) is -0.713. The average molecular weight is 199 g/mol. The van der Waals surface area contributed by atoms with Gasteiger partial charge in [0.25, 0.3) is 0 Å². The van der Waals surface area contributed by atoms with Crippen LogP contribution in [0, 0.1) is 0 Å². The predicted molar refractivity (Wildman–Crippen MR) is 38.6 cm³/mol. The Kier molecular flexibility index (Phi) is 4.36. The van der Waals surface area contributed by atoms with Gasteiger partial charge in [0.1, 0.15) is 6.04 Å². The number of aliphatic hydroxyl groups is 1. The fourth-order valence-corrected chi connectivity index (χ4v) is 0.917. The molecule has 12 heavy (non-hydrogen) atoms. The number of hydrogen-bond acceptors (Lipinski definition) is 4. The Morgan fingerprint density at radius 3 is 2.25 bits per heavy atom. The third-order valence-corrected chi connectivity index (χ3v) is 1.62. The third kappa shape index (κ3) is 5.22. The van der Waals surface area contributed by atoms with Crippen molar-refractivity contribution in [3.05, 3.63) is 0 Å². The second kappa shape index (κ2) is 4.54. The van der Waals surface area contributed by atoms with Gasteiger partial charge in [-0.15, -0.1) is 0 Å². The zero-order valence-corrected chi connectivity index (χ0v) is 6.94. The molecule has 0 saturated carbocycles. The molecule has 0 heterocycles. The molecule has 0 aromatic carbocycles. The minimum Gasteiger partial charge on any atom is -0.480 e. The van der Waals surface area contributed by atoms with E-state index in [0.717, 1.165) is 0 Å². The van der Waals surface area contributed by atoms with Gasteiger partial charge in [0.2, 0.25) is 0 Å². The van der Waals surface area contributed by atoms with E-state index in [1.165, 1.54) is 0 Å². The molecule has 0 aromatic heterocycles. The Bertz CT molecular complexity index is 200. The van der Waals surface area contributed by atoms with Crippen LogP contribution < -0.4 is 5.32 Å². The maximum absolute atomic E-state index is 10.2. The molecule has 0 spiro atoms. The fraction of sp³-hybridized carbons (Fsp3) is 0.750. The molecule has 0 saturated heterocycles. The topological polar surface area (TPSA) is 127 Å². The fourth-order valence-electron chi connectivity index (χ4n) is 0.459. The largest absolute Gasteiger partial charge is 0.480 e. The number of aliphatic carboxylic acids is 1. The lowest BCUT2D eigenvalue weighted by Crippen LogP contribution is -2.40. The van der Waals surface area contributed by atoms with Crippen LogP contribution >= 0.6 is 7.60 Å². The normalized spacial score (nSPS) is 14.2. The summed E-state index contributed by atoms with van der Waals surface area (Å²) in [6.07, 6.45) is -0.759. The van der Waals surface area contributed by atoms with Crippen molar-refractivity contribution in [3.8, 4) is 0 Å². The van der Waals surface area contributed by atoms with Crippen molar-refractivity contribution in [3.63, 3.8) is 0 Å². The van der Waals surface area contributed by atoms with Gasteiger partial charge in [0.05, 0.1) is 12.9 Å². The van der Waals surface area contributed by atoms with Crippen LogP contribution in [-0.2, 0) is 9.36 Å². The highest BCUT2D eigenvalue weighted by molar-refractivity contribution is 7.51. The lowest BCUT2D eigenvalue weighted by molar-refractivity contribution is -0.140. The van der Waals surface area contributed by atoms with Crippen LogP contribution in [0.1, 0.15) is 0 Å². The molecule has 0 amide bonds. The molecule has 0 rings (SSSR count). The van der Waals surface area contributed by atoms with Gasteiger partial charge in [-0.05, 0) is 0 Å². The molecule has 72 valence electrons. The number of hydrogen-bond donors (Lipinski definition) is 5. The van der Waals surface area contributed by atoms with Crippen molar-refractivity contribution in [2.24, 2.45) is 0 Å². The highest BCUT2D eigenvalue weighted by Crippen LogP contribution is 2.32. The standard InChI is InChI=1S/C4H10NO6P/c6-1-3(4(7)8)5-2-12(9,10)11/h3,5-6H,1-2H2,(H,7,8)(H2,9,10,11)/t3-/m0/s1. The van der Waals surface area contributed by atoms with Crippen molar-refractivity contribution in [2.75, 3.05) is 12.9 Å². The molecule has 5 N–H and O–H groups in total. The van der Waals surface area contributed by atoms with Crippen LogP contribution in [0.15, 0.2) is 0 Å². The lowest BCUT2D eigenvalue weighted by Gasteiger charge is -2.11. The summed E-state index contributed by atoms with van der Waals surface area (Å²) < 4.78 is 10.2. The zero-order chi connectivity index (χ0) is 9.78. The van der Waals surface area contributed by atoms with Crippen LogP contribution in [0.4, 0.5) is 0 Å². The minimum atomic E-state index is -4.26. The van der Waals surface area contributed by atoms with Crippen molar-refractivity contribution in [1.29, 1.82) is 0 Å². The van der Waals surface area contributed by atoms with Gasteiger partial charge in [0.15, 0.2) is 0 Å². The van der Waals surface area contributed by atoms with Crippen LogP contribution in [0.3, 0.4) is 0 Å². The summed E-state index contributed by atoms with van der Waals surface area (Å²) in [4.78, 5) is 26.8. The Balaban J connectivity index is 3.90. The first-order valence-electron chi connectivity index (χ1n) is 2.98. The Hall–Kier alpha value is -0.460. The molecule has 0 radical (unpaired) electrons. The molecular formula is C4H10NO6P. The summed E-state index contributed by atoms with van der Waals surface area (Å²) in [5, 5.41) is 18.7. The second-order valence-corrected chi connectivity index (χ2v) is 3.75. The summed E-state index contributed by atoms with van der Waals surface area (Å²) in [5.41, 5.74) is 0. The monoisotopic (exact) mass is 199 g/mol. The number of rotatable bonds is 5. The Morgan fingerprint density at radius 2 is 2.00 bits per heavy atom. The van der Waals surface area contributed by atoms with E-state index < -0.39 is 32.5 Å². The van der Waals surface area contributed by atoms with Crippen molar-refractivity contribution in [2.45, 2.75) is 6.04 Å². The lowest BCUT2D eigenvalue weighted by atomic mass is 10.3. The number of carboxylic acid groups (broad SMARTS) is 1. The molecule has 8 heteroatoms. The van der Waals surface area contributed by atoms with Crippen LogP contribution in [-0.4, -0.2) is 44.9 Å². The Morgan fingerprint density at radius 1 is 1.50 bits per heavy atom. The third-order valence-electron chi connectivity index (χ3n) is 1.02. The predicted octanol–water partition coefficient (Wildman–Crippen LogP) is -1.84. The maximum Gasteiger partial charge on any atom is 0.339 e. The minimum absolute atomic E-state index is 0.713. The van der Waals surface area contributed by atoms with Crippen LogP contribution in [0.5, 0.6) is 0 Å². The molecule has 0 aromatic rings. The van der Waals surface area contributed by atoms with Crippen LogP contribution in [0.25, 0.3) is 0 Å². The van der Waals surface area contributed by atoms with E-state index in [2.05, 4.69) is 0 Å². The highest BCUT2D eigenvalue weighted by atomic mass is 31.2. The van der Waals surface area contributed by atoms with Gasteiger partial charge in [-0.3, -0.25) is 14.7 Å². The molecule has 0 aliphatic carbocycles. The van der Waals surface area contributed by atoms with Crippen molar-refractivity contribution in [1.82, 2.24) is 5.32 Å². The average Bonchev–Trinajstić information content (AvgIpc) is 1.85. The van der Waals surface area contributed by atoms with E-state index in [9.17, 15) is 9.36 Å². The SMILES string of the molecule is O=C(O)[C@H](CO)NCP(=O)(O)O. The highest BCUT2D eigenvalue weighted by Gasteiger charge is 2.20. The quantitative estimate of drug-likeness (QED) is 0.329. The zero-order valence-electron chi connectivity index (χ0n) is 6.04. The molecule has 0 bridgehead atoms. The molecule has 0 aliphatic rings. The first-order chi connectivity index (χ1) is 5.37. The molecule has 1 atom stereocenters. The first-order valence-corrected chi connectivity index (χ1v) is 4.78. The number of carboxylic acids is 1. The van der Waals surface area contributed by atoms with E-state index in [1.54, 1.807) is 0 Å².